The van der Waals surface area contributed by atoms with Crippen LogP contribution in [0.3, 0.4) is 0 Å². The number of ether oxygens (including phenoxy) is 2. The van der Waals surface area contributed by atoms with Gasteiger partial charge in [-0.1, -0.05) is 54.1 Å². The average Bonchev–Trinajstić information content (AvgIpc) is 3.30. The van der Waals surface area contributed by atoms with Crippen LogP contribution in [-0.4, -0.2) is 45.5 Å². The number of aromatic nitrogens is 4. The molecule has 2 aromatic heterocycles. The van der Waals surface area contributed by atoms with E-state index in [1.807, 2.05) is 61.5 Å². The lowest BCUT2D eigenvalue weighted by atomic mass is 10.0. The minimum absolute atomic E-state index is 0.225. The SMILES string of the molecule is CCOc1ccc2ccccc2c1C(=O)NCCOc1ccc2nnc(-c3ccccc3Cl)n2n1. The van der Waals surface area contributed by atoms with Crippen LogP contribution in [0, 0.1) is 0 Å². The van der Waals surface area contributed by atoms with Gasteiger partial charge in [0.2, 0.25) is 5.88 Å². The highest BCUT2D eigenvalue weighted by molar-refractivity contribution is 6.33. The zero-order valence-electron chi connectivity index (χ0n) is 18.9. The molecule has 3 aromatic carbocycles. The number of amides is 1. The lowest BCUT2D eigenvalue weighted by molar-refractivity contribution is 0.0944. The maximum atomic E-state index is 13.0. The van der Waals surface area contributed by atoms with Crippen LogP contribution in [-0.2, 0) is 0 Å². The van der Waals surface area contributed by atoms with Crippen molar-refractivity contribution in [1.29, 1.82) is 0 Å². The Kier molecular flexibility index (Phi) is 6.45. The van der Waals surface area contributed by atoms with Gasteiger partial charge in [-0.15, -0.1) is 15.3 Å². The van der Waals surface area contributed by atoms with E-state index in [0.29, 0.717) is 40.3 Å². The van der Waals surface area contributed by atoms with Gasteiger partial charge in [-0.25, -0.2) is 0 Å². The van der Waals surface area contributed by atoms with Crippen molar-refractivity contribution in [3.8, 4) is 23.0 Å². The number of hydrogen-bond acceptors (Lipinski definition) is 6. The van der Waals surface area contributed by atoms with Crippen LogP contribution in [0.1, 0.15) is 17.3 Å². The topological polar surface area (TPSA) is 90.6 Å². The number of benzene rings is 3. The minimum Gasteiger partial charge on any atom is -0.493 e. The number of fused-ring (bicyclic) bond motifs is 2. The lowest BCUT2D eigenvalue weighted by Crippen LogP contribution is -2.29. The maximum absolute atomic E-state index is 13.0. The number of hydrogen-bond donors (Lipinski definition) is 1. The first-order valence-electron chi connectivity index (χ1n) is 11.2. The van der Waals surface area contributed by atoms with Crippen LogP contribution in [0.5, 0.6) is 11.6 Å². The van der Waals surface area contributed by atoms with Crippen LogP contribution in [0.2, 0.25) is 5.02 Å². The summed E-state index contributed by atoms with van der Waals surface area (Å²) in [6, 6.07) is 22.3. The molecule has 0 aliphatic heterocycles. The third kappa shape index (κ3) is 4.61. The molecule has 1 amide bonds. The molecule has 0 radical (unpaired) electrons. The molecule has 0 spiro atoms. The van der Waals surface area contributed by atoms with Gasteiger partial charge in [0, 0.05) is 11.6 Å². The van der Waals surface area contributed by atoms with E-state index in [-0.39, 0.29) is 19.1 Å². The molecule has 176 valence electrons. The molecule has 0 aliphatic carbocycles. The number of carbonyl (C=O) groups excluding carboxylic acids is 1. The third-order valence-corrected chi connectivity index (χ3v) is 5.74. The van der Waals surface area contributed by atoms with Gasteiger partial charge in [0.1, 0.15) is 12.4 Å². The van der Waals surface area contributed by atoms with E-state index in [2.05, 4.69) is 20.6 Å². The molecule has 0 unspecified atom stereocenters. The van der Waals surface area contributed by atoms with Crippen LogP contribution >= 0.6 is 11.6 Å². The summed E-state index contributed by atoms with van der Waals surface area (Å²) in [5.41, 5.74) is 1.80. The fraction of sp³-hybridized carbons (Fsp3) is 0.154. The zero-order valence-corrected chi connectivity index (χ0v) is 19.7. The molecule has 0 saturated heterocycles. The number of nitrogens with zero attached hydrogens (tertiary/aromatic N) is 4. The van der Waals surface area contributed by atoms with Crippen molar-refractivity contribution in [2.75, 3.05) is 19.8 Å². The second-order valence-electron chi connectivity index (χ2n) is 7.64. The summed E-state index contributed by atoms with van der Waals surface area (Å²) in [4.78, 5) is 13.0. The summed E-state index contributed by atoms with van der Waals surface area (Å²) in [7, 11) is 0. The summed E-state index contributed by atoms with van der Waals surface area (Å²) in [6.07, 6.45) is 0. The summed E-state index contributed by atoms with van der Waals surface area (Å²) in [5, 5.41) is 18.1. The summed E-state index contributed by atoms with van der Waals surface area (Å²) in [6.45, 7) is 2.87. The van der Waals surface area contributed by atoms with Gasteiger partial charge in [-0.3, -0.25) is 4.79 Å². The second kappa shape index (κ2) is 9.99. The number of carbonyl (C=O) groups is 1. The predicted octanol–water partition coefficient (Wildman–Crippen LogP) is 4.81. The Morgan fingerprint density at radius 1 is 0.971 bits per heavy atom. The molecular formula is C26H22ClN5O3. The fourth-order valence-electron chi connectivity index (χ4n) is 3.83. The Balaban J connectivity index is 1.29. The summed E-state index contributed by atoms with van der Waals surface area (Å²) < 4.78 is 13.1. The molecule has 9 heteroatoms. The van der Waals surface area contributed by atoms with Crippen molar-refractivity contribution < 1.29 is 14.3 Å². The lowest BCUT2D eigenvalue weighted by Gasteiger charge is -2.14. The number of rotatable bonds is 8. The van der Waals surface area contributed by atoms with E-state index in [1.165, 1.54) is 0 Å². The Hall–Kier alpha value is -4.17. The largest absolute Gasteiger partial charge is 0.493 e. The normalized spacial score (nSPS) is 11.0. The van der Waals surface area contributed by atoms with E-state index in [4.69, 9.17) is 21.1 Å². The van der Waals surface area contributed by atoms with Gasteiger partial charge in [-0.05, 0) is 42.0 Å². The molecule has 2 heterocycles. The van der Waals surface area contributed by atoms with Gasteiger partial charge in [0.15, 0.2) is 11.5 Å². The van der Waals surface area contributed by atoms with Crippen molar-refractivity contribution in [2.24, 2.45) is 0 Å². The van der Waals surface area contributed by atoms with Crippen molar-refractivity contribution in [1.82, 2.24) is 25.1 Å². The van der Waals surface area contributed by atoms with E-state index in [9.17, 15) is 4.79 Å². The van der Waals surface area contributed by atoms with Crippen LogP contribution in [0.15, 0.2) is 72.8 Å². The summed E-state index contributed by atoms with van der Waals surface area (Å²) >= 11 is 6.32. The van der Waals surface area contributed by atoms with E-state index in [0.717, 1.165) is 16.3 Å². The van der Waals surface area contributed by atoms with E-state index >= 15 is 0 Å². The Morgan fingerprint density at radius 2 is 1.80 bits per heavy atom. The highest BCUT2D eigenvalue weighted by Crippen LogP contribution is 2.28. The van der Waals surface area contributed by atoms with Gasteiger partial charge in [0.05, 0.1) is 23.7 Å². The van der Waals surface area contributed by atoms with E-state index < -0.39 is 0 Å². The molecule has 0 aliphatic rings. The molecule has 0 saturated carbocycles. The Labute approximate surface area is 206 Å². The zero-order chi connectivity index (χ0) is 24.2. The Bertz CT molecular complexity index is 1520. The highest BCUT2D eigenvalue weighted by atomic mass is 35.5. The highest BCUT2D eigenvalue weighted by Gasteiger charge is 2.17. The van der Waals surface area contributed by atoms with Crippen LogP contribution in [0.4, 0.5) is 0 Å². The van der Waals surface area contributed by atoms with Crippen LogP contribution in [0.25, 0.3) is 27.8 Å². The van der Waals surface area contributed by atoms with Crippen molar-refractivity contribution in [3.05, 3.63) is 83.4 Å². The molecule has 1 N–H and O–H groups in total. The molecule has 5 rings (SSSR count). The minimum atomic E-state index is -0.225. The summed E-state index contributed by atoms with van der Waals surface area (Å²) in [5.74, 6) is 1.22. The number of halogens is 1. The molecule has 0 atom stereocenters. The predicted molar refractivity (Wildman–Crippen MR) is 134 cm³/mol. The molecule has 0 bridgehead atoms. The van der Waals surface area contributed by atoms with Crippen molar-refractivity contribution in [3.63, 3.8) is 0 Å². The van der Waals surface area contributed by atoms with Gasteiger partial charge < -0.3 is 14.8 Å². The third-order valence-electron chi connectivity index (χ3n) is 5.41. The quantitative estimate of drug-likeness (QED) is 0.316. The first-order chi connectivity index (χ1) is 17.2. The molecular weight excluding hydrogens is 466 g/mol. The van der Waals surface area contributed by atoms with Gasteiger partial charge in [-0.2, -0.15) is 4.52 Å². The van der Waals surface area contributed by atoms with Gasteiger partial charge in [0.25, 0.3) is 5.91 Å². The number of nitrogens with one attached hydrogen (secondary N) is 1. The molecule has 35 heavy (non-hydrogen) atoms. The smallest absolute Gasteiger partial charge is 0.255 e. The Morgan fingerprint density at radius 3 is 2.66 bits per heavy atom. The average molecular weight is 488 g/mol. The monoisotopic (exact) mass is 487 g/mol. The van der Waals surface area contributed by atoms with Crippen molar-refractivity contribution >= 4 is 33.9 Å². The van der Waals surface area contributed by atoms with E-state index in [1.54, 1.807) is 22.7 Å². The fourth-order valence-corrected chi connectivity index (χ4v) is 4.05. The van der Waals surface area contributed by atoms with Gasteiger partial charge >= 0.3 is 0 Å². The molecule has 0 fully saturated rings. The first kappa shape index (κ1) is 22.6. The van der Waals surface area contributed by atoms with Crippen LogP contribution < -0.4 is 14.8 Å². The second-order valence-corrected chi connectivity index (χ2v) is 8.05. The maximum Gasteiger partial charge on any atom is 0.255 e. The first-order valence-corrected chi connectivity index (χ1v) is 11.6. The standard InChI is InChI=1S/C26H22ClN5O3/c1-2-34-21-12-11-17-7-3-4-8-18(17)24(21)26(33)28-15-16-35-23-14-13-22-29-30-25(32(22)31-23)19-9-5-6-10-20(19)27/h3-14H,2,15-16H2,1H3,(H,28,33). The molecule has 8 nitrogen and oxygen atoms in total. The molecule has 5 aromatic rings. The van der Waals surface area contributed by atoms with Crippen molar-refractivity contribution in [2.45, 2.75) is 6.92 Å².